The first kappa shape index (κ1) is 38.0. The molecule has 11 heteroatoms. The van der Waals surface area contributed by atoms with Crippen molar-refractivity contribution < 1.29 is 19.2 Å². The Morgan fingerprint density at radius 2 is 1.55 bits per heavy atom. The molecule has 2 unspecified atom stereocenters. The molecular formula is C45H52N6O4S. The largest absolute Gasteiger partial charge is 0.372 e. The quantitative estimate of drug-likeness (QED) is 0.186. The minimum Gasteiger partial charge on any atom is -0.372 e. The number of benzene rings is 2. The summed E-state index contributed by atoms with van der Waals surface area (Å²) in [5.74, 6) is -0.692. The third-order valence-electron chi connectivity index (χ3n) is 12.9. The molecule has 2 aromatic heterocycles. The van der Waals surface area contributed by atoms with E-state index in [9.17, 15) is 19.2 Å². The lowest BCUT2D eigenvalue weighted by atomic mass is 9.71. The van der Waals surface area contributed by atoms with Gasteiger partial charge >= 0.3 is 0 Å². The molecule has 4 aliphatic rings. The predicted octanol–water partition coefficient (Wildman–Crippen LogP) is 6.11. The fraction of sp³-hybridized carbons (Fsp3) is 0.444. The second-order valence-corrected chi connectivity index (χ2v) is 17.5. The minimum atomic E-state index is -0.596. The molecule has 4 amide bonds. The zero-order chi connectivity index (χ0) is 38.6. The lowest BCUT2D eigenvalue weighted by molar-refractivity contribution is -0.135. The van der Waals surface area contributed by atoms with E-state index in [1.807, 2.05) is 42.5 Å². The number of hydrogen-bond acceptors (Lipinski definition) is 8. The number of thiophene rings is 1. The van der Waals surface area contributed by atoms with Gasteiger partial charge in [-0.05, 0) is 111 Å². The van der Waals surface area contributed by atoms with Crippen LogP contribution in [0.5, 0.6) is 0 Å². The third-order valence-corrected chi connectivity index (χ3v) is 14.0. The van der Waals surface area contributed by atoms with Crippen molar-refractivity contribution in [3.8, 4) is 10.4 Å². The lowest BCUT2D eigenvalue weighted by Crippen LogP contribution is -2.49. The summed E-state index contributed by atoms with van der Waals surface area (Å²) in [5, 5.41) is 2.47. The number of piperidine rings is 4. The number of nitrogens with two attached hydrogens (primary N) is 1. The van der Waals surface area contributed by atoms with Crippen molar-refractivity contribution >= 4 is 40.7 Å². The van der Waals surface area contributed by atoms with Crippen molar-refractivity contribution in [1.29, 1.82) is 0 Å². The van der Waals surface area contributed by atoms with Crippen LogP contribution in [0.4, 0.5) is 5.69 Å². The molecule has 292 valence electrons. The van der Waals surface area contributed by atoms with Gasteiger partial charge < -0.3 is 20.4 Å². The van der Waals surface area contributed by atoms with Gasteiger partial charge in [0.05, 0.1) is 18.0 Å². The number of anilines is 1. The van der Waals surface area contributed by atoms with Crippen LogP contribution in [0.25, 0.3) is 10.4 Å². The highest BCUT2D eigenvalue weighted by Crippen LogP contribution is 2.42. The third kappa shape index (κ3) is 8.59. The van der Waals surface area contributed by atoms with Crippen LogP contribution in [0.2, 0.25) is 0 Å². The molecule has 0 aliphatic carbocycles. The van der Waals surface area contributed by atoms with Crippen molar-refractivity contribution in [1.82, 2.24) is 20.1 Å². The number of nitrogens with zero attached hydrogens (tertiary/aromatic N) is 4. The number of carbonyl (C=O) groups excluding carboxylic acids is 4. The summed E-state index contributed by atoms with van der Waals surface area (Å²) >= 11 is 1.63. The van der Waals surface area contributed by atoms with E-state index in [2.05, 4.69) is 61.4 Å². The second kappa shape index (κ2) is 16.7. The summed E-state index contributed by atoms with van der Waals surface area (Å²) < 4.78 is 0. The van der Waals surface area contributed by atoms with Gasteiger partial charge in [-0.1, -0.05) is 48.5 Å². The number of amides is 4. The maximum Gasteiger partial charge on any atom is 0.234 e. The molecule has 0 bridgehead atoms. The number of nitrogens with one attached hydrogen (secondary N) is 1. The van der Waals surface area contributed by atoms with Crippen LogP contribution >= 0.6 is 11.3 Å². The van der Waals surface area contributed by atoms with Crippen LogP contribution in [-0.4, -0.2) is 84.2 Å². The second-order valence-electron chi connectivity index (χ2n) is 16.4. The van der Waals surface area contributed by atoms with Gasteiger partial charge in [-0.2, -0.15) is 0 Å². The number of hydrogen-bond donors (Lipinski definition) is 2. The summed E-state index contributed by atoms with van der Waals surface area (Å²) in [6.45, 7) is 7.27. The van der Waals surface area contributed by atoms with E-state index in [0.29, 0.717) is 36.3 Å². The monoisotopic (exact) mass is 772 g/mol. The zero-order valence-electron chi connectivity index (χ0n) is 32.0. The highest BCUT2D eigenvalue weighted by atomic mass is 32.1. The summed E-state index contributed by atoms with van der Waals surface area (Å²) in [4.78, 5) is 63.5. The van der Waals surface area contributed by atoms with E-state index < -0.39 is 11.8 Å². The molecule has 4 saturated heterocycles. The maximum atomic E-state index is 13.4. The molecular weight excluding hydrogens is 721 g/mol. The molecule has 1 spiro atoms. The summed E-state index contributed by atoms with van der Waals surface area (Å²) in [5.41, 5.74) is 10.7. The topological polar surface area (TPSA) is 129 Å². The molecule has 0 saturated carbocycles. The molecule has 2 aromatic carbocycles. The van der Waals surface area contributed by atoms with E-state index in [1.54, 1.807) is 17.5 Å². The predicted molar refractivity (Wildman–Crippen MR) is 219 cm³/mol. The summed E-state index contributed by atoms with van der Waals surface area (Å²) in [6.07, 6.45) is 10.2. The molecule has 10 nitrogen and oxygen atoms in total. The van der Waals surface area contributed by atoms with Gasteiger partial charge in [-0.15, -0.1) is 11.3 Å². The number of carbonyl (C=O) groups is 4. The van der Waals surface area contributed by atoms with E-state index in [-0.39, 0.29) is 23.6 Å². The maximum absolute atomic E-state index is 13.4. The Kier molecular flexibility index (Phi) is 11.3. The smallest absolute Gasteiger partial charge is 0.234 e. The number of pyridine rings is 1. The van der Waals surface area contributed by atoms with Crippen LogP contribution in [0.15, 0.2) is 85.1 Å². The van der Waals surface area contributed by atoms with Crippen LogP contribution < -0.4 is 16.0 Å². The number of aromatic nitrogens is 1. The Morgan fingerprint density at radius 1 is 0.839 bits per heavy atom. The van der Waals surface area contributed by atoms with Crippen molar-refractivity contribution in [2.24, 2.45) is 17.1 Å². The normalized spacial score (nSPS) is 21.2. The average molecular weight is 773 g/mol. The summed E-state index contributed by atoms with van der Waals surface area (Å²) in [7, 11) is 0. The number of rotatable bonds is 10. The van der Waals surface area contributed by atoms with Crippen molar-refractivity contribution in [3.63, 3.8) is 0 Å². The van der Waals surface area contributed by atoms with Gasteiger partial charge in [0.25, 0.3) is 0 Å². The molecule has 4 fully saturated rings. The van der Waals surface area contributed by atoms with Gasteiger partial charge in [-0.25, -0.2) is 0 Å². The molecule has 4 aliphatic heterocycles. The fourth-order valence-corrected chi connectivity index (χ4v) is 10.3. The Balaban J connectivity index is 0.756. The van der Waals surface area contributed by atoms with Crippen molar-refractivity contribution in [2.45, 2.75) is 69.6 Å². The molecule has 0 radical (unpaired) electrons. The van der Waals surface area contributed by atoms with Crippen LogP contribution in [0.1, 0.15) is 84.9 Å². The number of primary amides is 1. The SMILES string of the molecule is NC(=O)C(c1ccccc1)c1ccc(-c2ccc(CC(=O)N3CCC4(CCN(CC5CCN(c6ccc(C7CCC(=O)NC7=O)cc6)CC5)CC4)CC3)s2)cn1. The van der Waals surface area contributed by atoms with E-state index in [0.717, 1.165) is 78.6 Å². The highest BCUT2D eigenvalue weighted by molar-refractivity contribution is 7.15. The van der Waals surface area contributed by atoms with Crippen LogP contribution in [-0.2, 0) is 25.6 Å². The Hall–Kier alpha value is -4.87. The highest BCUT2D eigenvalue weighted by Gasteiger charge is 2.39. The molecule has 4 aromatic rings. The Labute approximate surface area is 333 Å². The lowest BCUT2D eigenvalue weighted by Gasteiger charge is -2.47. The van der Waals surface area contributed by atoms with E-state index >= 15 is 0 Å². The molecule has 3 N–H and O–H groups in total. The number of likely N-dealkylation sites (tertiary alicyclic amines) is 2. The first-order valence-corrected chi connectivity index (χ1v) is 21.1. The first-order chi connectivity index (χ1) is 27.2. The zero-order valence-corrected chi connectivity index (χ0v) is 32.9. The first-order valence-electron chi connectivity index (χ1n) is 20.3. The van der Waals surface area contributed by atoms with Gasteiger partial charge in [0.2, 0.25) is 23.6 Å². The van der Waals surface area contributed by atoms with E-state index in [1.165, 1.54) is 37.9 Å². The molecule has 6 heterocycles. The van der Waals surface area contributed by atoms with E-state index in [4.69, 9.17) is 5.73 Å². The van der Waals surface area contributed by atoms with Gasteiger partial charge in [0.1, 0.15) is 5.92 Å². The van der Waals surface area contributed by atoms with Crippen LogP contribution in [0.3, 0.4) is 0 Å². The minimum absolute atomic E-state index is 0.174. The Morgan fingerprint density at radius 3 is 2.21 bits per heavy atom. The van der Waals surface area contributed by atoms with Crippen molar-refractivity contribution in [3.05, 3.63) is 107 Å². The molecule has 8 rings (SSSR count). The Bertz CT molecular complexity index is 2010. The summed E-state index contributed by atoms with van der Waals surface area (Å²) in [6, 6.07) is 25.8. The van der Waals surface area contributed by atoms with Crippen molar-refractivity contribution in [2.75, 3.05) is 50.7 Å². The number of imide groups is 1. The van der Waals surface area contributed by atoms with Crippen LogP contribution in [0, 0.1) is 11.3 Å². The molecule has 56 heavy (non-hydrogen) atoms. The van der Waals surface area contributed by atoms with Gasteiger partial charge in [-0.3, -0.25) is 29.5 Å². The average Bonchev–Trinajstić information content (AvgIpc) is 3.68. The van der Waals surface area contributed by atoms with Gasteiger partial charge in [0, 0.05) is 66.3 Å². The standard InChI is InChI=1S/C45H52N6O4S/c46-43(54)42(33-4-2-1-3-5-33)38-13-8-34(29-47-38)39-14-11-36(56-39)28-41(53)51-26-20-45(21-27-51)18-24-49(25-19-45)30-31-16-22-50(23-17-31)35-9-6-32(7-10-35)37-12-15-40(52)48-44(37)55/h1-11,13-14,29,31,37,42H,12,15-28,30H2,(H2,46,54)(H,48,52,55). The fourth-order valence-electron chi connectivity index (χ4n) is 9.35. The van der Waals surface area contributed by atoms with Gasteiger partial charge in [0.15, 0.2) is 0 Å². The molecule has 2 atom stereocenters.